The molecule has 0 spiro atoms. The first-order chi connectivity index (χ1) is 25.0. The first-order valence-electron chi connectivity index (χ1n) is 17.7. The van der Waals surface area contributed by atoms with Crippen LogP contribution in [0.4, 0.5) is 9.18 Å². The Balaban J connectivity index is 1.55. The van der Waals surface area contributed by atoms with E-state index in [9.17, 15) is 14.0 Å². The van der Waals surface area contributed by atoms with Gasteiger partial charge in [0.1, 0.15) is 17.0 Å². The number of halogens is 2. The fourth-order valence-corrected chi connectivity index (χ4v) is 7.24. The second-order valence-corrected chi connectivity index (χ2v) is 14.3. The molecule has 0 aliphatic rings. The van der Waals surface area contributed by atoms with Crippen LogP contribution in [-0.4, -0.2) is 63.7 Å². The summed E-state index contributed by atoms with van der Waals surface area (Å²) in [4.78, 5) is 28.1. The molecule has 276 valence electrons. The maximum Gasteiger partial charge on any atom is 0.410 e. The fraction of sp³-hybridized carbons (Fsp3) is 0.390. The highest BCUT2D eigenvalue weighted by molar-refractivity contribution is 9.08. The summed E-state index contributed by atoms with van der Waals surface area (Å²) in [5, 5.41) is 8.18. The maximum absolute atomic E-state index is 13.9. The summed E-state index contributed by atoms with van der Waals surface area (Å²) in [6, 6.07) is 20.2. The third-order valence-corrected chi connectivity index (χ3v) is 9.41. The standard InChI is InChI=1S/C41H48BrFN4O5/c1-7-50-39(48)38-31(20-14-26-51-35-21-12-16-28-15-8-9-17-29(28)35)30-18-13-19-32(36-33(22-23-43)44-46(6)34(36)27-42)37(30)47(38)25-11-10-24-45(5)40(49)52-41(2,3)4/h8-9,12-13,15-19,21-23H,7,10-11,14,20,24-27H2,1-6H3/b23-22+. The number of aryl methyl sites for hydroxylation is 3. The molecular weight excluding hydrogens is 727 g/mol. The predicted molar refractivity (Wildman–Crippen MR) is 209 cm³/mol. The molecule has 0 aliphatic carbocycles. The summed E-state index contributed by atoms with van der Waals surface area (Å²) >= 11 is 3.62. The number of rotatable bonds is 15. The van der Waals surface area contributed by atoms with Crippen molar-refractivity contribution in [1.82, 2.24) is 19.2 Å². The van der Waals surface area contributed by atoms with E-state index in [4.69, 9.17) is 14.2 Å². The zero-order chi connectivity index (χ0) is 37.4. The van der Waals surface area contributed by atoms with Gasteiger partial charge in [-0.25, -0.2) is 14.0 Å². The third-order valence-electron chi connectivity index (χ3n) is 8.87. The van der Waals surface area contributed by atoms with Gasteiger partial charge in [0, 0.05) is 54.4 Å². The van der Waals surface area contributed by atoms with Gasteiger partial charge in [-0.1, -0.05) is 70.5 Å². The second-order valence-electron chi connectivity index (χ2n) is 13.7. The molecule has 0 radical (unpaired) electrons. The van der Waals surface area contributed by atoms with Gasteiger partial charge in [0.05, 0.1) is 36.4 Å². The minimum absolute atomic E-state index is 0.222. The van der Waals surface area contributed by atoms with Crippen molar-refractivity contribution < 1.29 is 28.2 Å². The molecule has 0 N–H and O–H groups in total. The van der Waals surface area contributed by atoms with Gasteiger partial charge >= 0.3 is 12.1 Å². The Bertz CT molecular complexity index is 2060. The van der Waals surface area contributed by atoms with Gasteiger partial charge < -0.3 is 23.7 Å². The molecule has 5 aromatic rings. The highest BCUT2D eigenvalue weighted by Crippen LogP contribution is 2.39. The Morgan fingerprint density at radius 3 is 2.46 bits per heavy atom. The molecule has 0 atom stereocenters. The van der Waals surface area contributed by atoms with Gasteiger partial charge in [0.2, 0.25) is 0 Å². The predicted octanol–water partition coefficient (Wildman–Crippen LogP) is 9.87. The molecule has 11 heteroatoms. The summed E-state index contributed by atoms with van der Waals surface area (Å²) in [7, 11) is 3.56. The van der Waals surface area contributed by atoms with Gasteiger partial charge in [-0.3, -0.25) is 4.68 Å². The molecule has 52 heavy (non-hydrogen) atoms. The SMILES string of the molecule is CCOC(=O)c1c(CCCOc2cccc3ccccc23)c2cccc(-c3c(/C=C/F)nn(C)c3CBr)c2n1CCCCN(C)C(=O)OC(C)(C)C. The minimum Gasteiger partial charge on any atom is -0.493 e. The Morgan fingerprint density at radius 1 is 1.00 bits per heavy atom. The van der Waals surface area contributed by atoms with Crippen LogP contribution < -0.4 is 4.74 Å². The number of nitrogens with zero attached hydrogens (tertiary/aromatic N) is 4. The summed E-state index contributed by atoms with van der Waals surface area (Å²) in [6.45, 7) is 8.96. The van der Waals surface area contributed by atoms with E-state index >= 15 is 0 Å². The highest BCUT2D eigenvalue weighted by atomic mass is 79.9. The van der Waals surface area contributed by atoms with Crippen molar-refractivity contribution in [3.63, 3.8) is 0 Å². The van der Waals surface area contributed by atoms with Crippen molar-refractivity contribution in [2.75, 3.05) is 26.8 Å². The number of unbranched alkanes of at least 4 members (excludes halogenated alkanes) is 1. The molecule has 3 aromatic carbocycles. The molecule has 0 aliphatic heterocycles. The van der Waals surface area contributed by atoms with Crippen LogP contribution in [0.15, 0.2) is 67.0 Å². The minimum atomic E-state index is -0.590. The van der Waals surface area contributed by atoms with Crippen LogP contribution in [0.2, 0.25) is 0 Å². The summed E-state index contributed by atoms with van der Waals surface area (Å²) in [6.07, 6.45) is 4.01. The van der Waals surface area contributed by atoms with Crippen LogP contribution in [0.3, 0.4) is 0 Å². The first-order valence-corrected chi connectivity index (χ1v) is 18.9. The van der Waals surface area contributed by atoms with E-state index in [0.29, 0.717) is 68.4 Å². The number of benzene rings is 3. The second kappa shape index (κ2) is 17.3. The Kier molecular flexibility index (Phi) is 12.8. The van der Waals surface area contributed by atoms with Crippen molar-refractivity contribution >= 4 is 55.7 Å². The molecule has 0 fully saturated rings. The molecule has 0 saturated carbocycles. The topological polar surface area (TPSA) is 87.8 Å². The third kappa shape index (κ3) is 8.69. The number of amides is 1. The molecule has 1 amide bonds. The van der Waals surface area contributed by atoms with E-state index < -0.39 is 11.6 Å². The monoisotopic (exact) mass is 774 g/mol. The van der Waals surface area contributed by atoms with E-state index in [0.717, 1.165) is 49.8 Å². The molecular formula is C41H48BrFN4O5. The zero-order valence-corrected chi connectivity index (χ0v) is 32.5. The molecule has 0 bridgehead atoms. The first kappa shape index (κ1) is 38.6. The number of fused-ring (bicyclic) bond motifs is 2. The largest absolute Gasteiger partial charge is 0.493 e. The van der Waals surface area contributed by atoms with Gasteiger partial charge in [-0.2, -0.15) is 5.10 Å². The number of carbonyl (C=O) groups excluding carboxylic acids is 2. The average molecular weight is 776 g/mol. The Hall–Kier alpha value is -4.64. The molecule has 0 saturated heterocycles. The summed E-state index contributed by atoms with van der Waals surface area (Å²) in [5.41, 5.74) is 4.59. The van der Waals surface area contributed by atoms with E-state index in [1.807, 2.05) is 74.9 Å². The number of carbonyl (C=O) groups is 2. The number of aromatic nitrogens is 3. The average Bonchev–Trinajstić information content (AvgIpc) is 3.60. The molecule has 9 nitrogen and oxygen atoms in total. The summed E-state index contributed by atoms with van der Waals surface area (Å²) < 4.78 is 35.0. The van der Waals surface area contributed by atoms with Gasteiger partial charge in [-0.05, 0) is 76.5 Å². The maximum atomic E-state index is 13.9. The van der Waals surface area contributed by atoms with Crippen LogP contribution in [0, 0.1) is 0 Å². The fourth-order valence-electron chi connectivity index (χ4n) is 6.60. The van der Waals surface area contributed by atoms with Crippen LogP contribution in [0.25, 0.3) is 38.9 Å². The lowest BCUT2D eigenvalue weighted by atomic mass is 9.98. The van der Waals surface area contributed by atoms with Gasteiger partial charge in [0.15, 0.2) is 0 Å². The van der Waals surface area contributed by atoms with E-state index in [1.165, 1.54) is 6.08 Å². The van der Waals surface area contributed by atoms with Crippen molar-refractivity contribution in [3.8, 4) is 16.9 Å². The number of hydrogen-bond donors (Lipinski definition) is 0. The molecule has 2 heterocycles. The Morgan fingerprint density at radius 2 is 1.73 bits per heavy atom. The molecule has 5 rings (SSSR count). The number of hydrogen-bond acceptors (Lipinski definition) is 6. The Labute approximate surface area is 313 Å². The van der Waals surface area contributed by atoms with Crippen LogP contribution in [0.1, 0.15) is 74.4 Å². The van der Waals surface area contributed by atoms with Crippen molar-refractivity contribution in [2.24, 2.45) is 7.05 Å². The number of para-hydroxylation sites is 1. The van der Waals surface area contributed by atoms with Crippen molar-refractivity contribution in [2.45, 2.75) is 70.9 Å². The van der Waals surface area contributed by atoms with Crippen LogP contribution in [0.5, 0.6) is 5.75 Å². The van der Waals surface area contributed by atoms with E-state index in [2.05, 4.69) is 39.2 Å². The number of alkyl halides is 1. The number of ether oxygens (including phenoxy) is 3. The highest BCUT2D eigenvalue weighted by Gasteiger charge is 2.28. The number of esters is 1. The lowest BCUT2D eigenvalue weighted by Crippen LogP contribution is -2.34. The quantitative estimate of drug-likeness (QED) is 0.0598. The lowest BCUT2D eigenvalue weighted by molar-refractivity contribution is 0.0296. The molecule has 2 aromatic heterocycles. The van der Waals surface area contributed by atoms with Crippen molar-refractivity contribution in [3.05, 3.63) is 89.6 Å². The lowest BCUT2D eigenvalue weighted by Gasteiger charge is -2.24. The van der Waals surface area contributed by atoms with E-state index in [1.54, 1.807) is 23.6 Å². The normalized spacial score (nSPS) is 11.8. The zero-order valence-electron chi connectivity index (χ0n) is 30.9. The summed E-state index contributed by atoms with van der Waals surface area (Å²) in [5.74, 6) is 0.411. The van der Waals surface area contributed by atoms with Crippen molar-refractivity contribution in [1.29, 1.82) is 0 Å². The van der Waals surface area contributed by atoms with Crippen LogP contribution in [-0.2, 0) is 34.8 Å². The van der Waals surface area contributed by atoms with E-state index in [-0.39, 0.29) is 12.7 Å². The van der Waals surface area contributed by atoms with Gasteiger partial charge in [-0.15, -0.1) is 0 Å². The van der Waals surface area contributed by atoms with Gasteiger partial charge in [0.25, 0.3) is 0 Å². The smallest absolute Gasteiger partial charge is 0.410 e. The molecule has 0 unspecified atom stereocenters. The van der Waals surface area contributed by atoms with Crippen LogP contribution >= 0.6 is 15.9 Å².